The lowest BCUT2D eigenvalue weighted by molar-refractivity contribution is 0.489. The number of hydrogen-bond acceptors (Lipinski definition) is 1. The summed E-state index contributed by atoms with van der Waals surface area (Å²) in [6.45, 7) is 14.7. The Morgan fingerprint density at radius 3 is 2.50 bits per heavy atom. The second kappa shape index (κ2) is 6.98. The first-order chi connectivity index (χ1) is 10.3. The van der Waals surface area contributed by atoms with Gasteiger partial charge in [-0.3, -0.25) is 4.99 Å². The van der Waals surface area contributed by atoms with Gasteiger partial charge in [-0.05, 0) is 61.0 Å². The molecular formula is C21H33N. The smallest absolute Gasteiger partial charge is 0.0597 e. The number of nitrogens with zero attached hydrogens (tertiary/aromatic N) is 1. The van der Waals surface area contributed by atoms with Crippen molar-refractivity contribution in [1.29, 1.82) is 0 Å². The zero-order valence-corrected chi connectivity index (χ0v) is 15.3. The molecule has 2 unspecified atom stereocenters. The molecule has 2 aliphatic carbocycles. The minimum Gasteiger partial charge on any atom is -0.285 e. The van der Waals surface area contributed by atoms with Crippen molar-refractivity contribution in [2.45, 2.75) is 60.8 Å². The molecule has 2 rings (SSSR count). The molecule has 0 heterocycles. The fourth-order valence-corrected chi connectivity index (χ4v) is 3.13. The van der Waals surface area contributed by atoms with Crippen LogP contribution in [0.4, 0.5) is 0 Å². The maximum absolute atomic E-state index is 4.93. The fraction of sp³-hybridized carbons (Fsp3) is 0.667. The summed E-state index contributed by atoms with van der Waals surface area (Å²) < 4.78 is 0. The Morgan fingerprint density at radius 2 is 1.91 bits per heavy atom. The Hall–Kier alpha value is -1.11. The number of aliphatic imine (C=N–C) groups is 1. The van der Waals surface area contributed by atoms with E-state index in [2.05, 4.69) is 65.8 Å². The summed E-state index contributed by atoms with van der Waals surface area (Å²) >= 11 is 0. The molecule has 0 aliphatic heterocycles. The first-order valence-corrected chi connectivity index (χ1v) is 8.88. The highest BCUT2D eigenvalue weighted by atomic mass is 14.7. The second-order valence-corrected chi connectivity index (χ2v) is 8.30. The summed E-state index contributed by atoms with van der Waals surface area (Å²) in [5.74, 6) is 2.14. The number of allylic oxidation sites excluding steroid dienone is 6. The first-order valence-electron chi connectivity index (χ1n) is 8.88. The van der Waals surface area contributed by atoms with Gasteiger partial charge in [-0.2, -0.15) is 0 Å². The highest BCUT2D eigenvalue weighted by molar-refractivity contribution is 6.08. The van der Waals surface area contributed by atoms with Crippen molar-refractivity contribution in [3.8, 4) is 0 Å². The van der Waals surface area contributed by atoms with E-state index in [1.807, 2.05) is 0 Å². The summed E-state index contributed by atoms with van der Waals surface area (Å²) in [4.78, 5) is 4.93. The van der Waals surface area contributed by atoms with Crippen LogP contribution >= 0.6 is 0 Å². The summed E-state index contributed by atoms with van der Waals surface area (Å²) in [5.41, 5.74) is 4.26. The summed E-state index contributed by atoms with van der Waals surface area (Å²) in [7, 11) is 0. The molecule has 1 fully saturated rings. The molecule has 0 bridgehead atoms. The Labute approximate surface area is 137 Å². The summed E-state index contributed by atoms with van der Waals surface area (Å²) in [6, 6.07) is 0. The molecule has 0 amide bonds. The SMILES string of the molecule is CC1=CC(C)/C=C(/C(C)(C)C)C/C=C\C1=NCC(C)C1CC1. The zero-order valence-electron chi connectivity index (χ0n) is 15.3. The van der Waals surface area contributed by atoms with Gasteiger partial charge in [0.2, 0.25) is 0 Å². The average Bonchev–Trinajstić information content (AvgIpc) is 3.22. The van der Waals surface area contributed by atoms with Crippen molar-refractivity contribution >= 4 is 5.71 Å². The minimum atomic E-state index is 0.239. The zero-order chi connectivity index (χ0) is 16.3. The minimum absolute atomic E-state index is 0.239. The van der Waals surface area contributed by atoms with Crippen LogP contribution < -0.4 is 0 Å². The van der Waals surface area contributed by atoms with Gasteiger partial charge in [-0.25, -0.2) is 0 Å². The van der Waals surface area contributed by atoms with E-state index in [1.54, 1.807) is 0 Å². The number of hydrogen-bond donors (Lipinski definition) is 0. The van der Waals surface area contributed by atoms with E-state index < -0.39 is 0 Å². The van der Waals surface area contributed by atoms with Crippen molar-refractivity contribution < 1.29 is 0 Å². The molecule has 22 heavy (non-hydrogen) atoms. The van der Waals surface area contributed by atoms with E-state index in [0.717, 1.165) is 24.8 Å². The maximum atomic E-state index is 4.93. The topological polar surface area (TPSA) is 12.4 Å². The fourth-order valence-electron chi connectivity index (χ4n) is 3.13. The van der Waals surface area contributed by atoms with Crippen LogP contribution in [0.25, 0.3) is 0 Å². The van der Waals surface area contributed by atoms with Crippen LogP contribution in [-0.2, 0) is 0 Å². The molecule has 122 valence electrons. The molecule has 0 saturated heterocycles. The number of rotatable bonds is 3. The molecule has 1 nitrogen and oxygen atoms in total. The largest absolute Gasteiger partial charge is 0.285 e. The van der Waals surface area contributed by atoms with E-state index in [1.165, 1.54) is 29.7 Å². The Morgan fingerprint density at radius 1 is 1.23 bits per heavy atom. The predicted octanol–water partition coefficient (Wildman–Crippen LogP) is 5.99. The van der Waals surface area contributed by atoms with Gasteiger partial charge in [0.05, 0.1) is 5.71 Å². The highest BCUT2D eigenvalue weighted by Gasteiger charge is 2.27. The van der Waals surface area contributed by atoms with Gasteiger partial charge >= 0.3 is 0 Å². The second-order valence-electron chi connectivity index (χ2n) is 8.30. The molecule has 0 N–H and O–H groups in total. The highest BCUT2D eigenvalue weighted by Crippen LogP contribution is 2.36. The molecule has 2 aliphatic rings. The monoisotopic (exact) mass is 299 g/mol. The summed E-state index contributed by atoms with van der Waals surface area (Å²) in [6.07, 6.45) is 13.2. The van der Waals surface area contributed by atoms with Crippen LogP contribution in [0.5, 0.6) is 0 Å². The van der Waals surface area contributed by atoms with Crippen LogP contribution in [0.15, 0.2) is 40.4 Å². The van der Waals surface area contributed by atoms with Gasteiger partial charge in [-0.15, -0.1) is 0 Å². The first kappa shape index (κ1) is 17.2. The lowest BCUT2D eigenvalue weighted by Gasteiger charge is -2.23. The van der Waals surface area contributed by atoms with Gasteiger partial charge in [0, 0.05) is 6.54 Å². The molecule has 0 aromatic carbocycles. The van der Waals surface area contributed by atoms with E-state index in [0.29, 0.717) is 5.92 Å². The van der Waals surface area contributed by atoms with Gasteiger partial charge in [-0.1, -0.05) is 58.4 Å². The van der Waals surface area contributed by atoms with Crippen molar-refractivity contribution in [3.05, 3.63) is 35.5 Å². The Balaban J connectivity index is 2.17. The van der Waals surface area contributed by atoms with Crippen LogP contribution in [-0.4, -0.2) is 12.3 Å². The van der Waals surface area contributed by atoms with Crippen LogP contribution in [0.3, 0.4) is 0 Å². The van der Waals surface area contributed by atoms with Gasteiger partial charge < -0.3 is 0 Å². The lowest BCUT2D eigenvalue weighted by Crippen LogP contribution is -2.10. The van der Waals surface area contributed by atoms with Crippen LogP contribution in [0, 0.1) is 23.2 Å². The van der Waals surface area contributed by atoms with Crippen molar-refractivity contribution in [2.75, 3.05) is 6.54 Å². The van der Waals surface area contributed by atoms with E-state index >= 15 is 0 Å². The van der Waals surface area contributed by atoms with Crippen molar-refractivity contribution in [2.24, 2.45) is 28.2 Å². The molecular weight excluding hydrogens is 266 g/mol. The van der Waals surface area contributed by atoms with Crippen molar-refractivity contribution in [3.63, 3.8) is 0 Å². The van der Waals surface area contributed by atoms with Gasteiger partial charge in [0.15, 0.2) is 0 Å². The van der Waals surface area contributed by atoms with Gasteiger partial charge in [0.1, 0.15) is 0 Å². The average molecular weight is 300 g/mol. The van der Waals surface area contributed by atoms with E-state index in [4.69, 9.17) is 4.99 Å². The molecule has 0 spiro atoms. The Kier molecular flexibility index (Phi) is 5.47. The van der Waals surface area contributed by atoms with Gasteiger partial charge in [0.25, 0.3) is 0 Å². The van der Waals surface area contributed by atoms with E-state index in [-0.39, 0.29) is 5.41 Å². The normalized spacial score (nSPS) is 30.6. The summed E-state index contributed by atoms with van der Waals surface area (Å²) in [5, 5.41) is 0. The predicted molar refractivity (Wildman–Crippen MR) is 98.4 cm³/mol. The van der Waals surface area contributed by atoms with Crippen LogP contribution in [0.1, 0.15) is 60.8 Å². The van der Waals surface area contributed by atoms with Crippen molar-refractivity contribution in [1.82, 2.24) is 0 Å². The quantitative estimate of drug-likeness (QED) is 0.568. The lowest BCUT2D eigenvalue weighted by atomic mass is 9.82. The third kappa shape index (κ3) is 4.97. The van der Waals surface area contributed by atoms with E-state index in [9.17, 15) is 0 Å². The molecule has 0 aromatic rings. The third-order valence-electron chi connectivity index (χ3n) is 4.93. The molecule has 2 atom stereocenters. The molecule has 0 radical (unpaired) electrons. The molecule has 1 heteroatoms. The third-order valence-corrected chi connectivity index (χ3v) is 4.93. The maximum Gasteiger partial charge on any atom is 0.0597 e. The standard InChI is InChI=1S/C21H33N/c1-15-12-16(2)20(22-14-17(3)18-10-11-18)9-7-8-19(13-15)21(4,5)6/h7,9,12-13,15,17-18H,8,10-11,14H2,1-6H3/b9-7-,16-12?,19-13+,22-20?. The Bertz CT molecular complexity index is 507. The molecule has 1 saturated carbocycles. The molecule has 0 aromatic heterocycles. The van der Waals surface area contributed by atoms with Crippen LogP contribution in [0.2, 0.25) is 0 Å².